The largest absolute Gasteiger partial charge is 0.348 e. The Bertz CT molecular complexity index is 399. The minimum atomic E-state index is -1.96. The van der Waals surface area contributed by atoms with Crippen LogP contribution in [0.2, 0.25) is 19.6 Å². The molecule has 0 aromatic heterocycles. The van der Waals surface area contributed by atoms with E-state index in [0.717, 1.165) is 0 Å². The van der Waals surface area contributed by atoms with E-state index in [9.17, 15) is 4.79 Å². The van der Waals surface area contributed by atoms with Gasteiger partial charge in [-0.1, -0.05) is 19.6 Å². The Hall–Kier alpha value is -0.273. The zero-order valence-electron chi connectivity index (χ0n) is 13.5. The van der Waals surface area contributed by atoms with Crippen LogP contribution in [0.25, 0.3) is 0 Å². The molecule has 2 heterocycles. The fraction of sp³-hybridized carbons (Fsp3) is 0.929. The number of hydrogen-bond donors (Lipinski definition) is 0. The molecule has 6 heteroatoms. The molecule has 116 valence electrons. The predicted octanol–water partition coefficient (Wildman–Crippen LogP) is 2.10. The van der Waals surface area contributed by atoms with E-state index in [2.05, 4.69) is 0 Å². The van der Waals surface area contributed by atoms with Gasteiger partial charge < -0.3 is 23.7 Å². The summed E-state index contributed by atoms with van der Waals surface area (Å²) in [6.07, 6.45) is -1.22. The Labute approximate surface area is 121 Å². The van der Waals surface area contributed by atoms with Crippen LogP contribution in [0.15, 0.2) is 0 Å². The Morgan fingerprint density at radius 2 is 1.60 bits per heavy atom. The molecular weight excluding hydrogens is 276 g/mol. The Kier molecular flexibility index (Phi) is 3.93. The first kappa shape index (κ1) is 16.1. The summed E-state index contributed by atoms with van der Waals surface area (Å²) < 4.78 is 23.2. The normalized spacial score (nSPS) is 36.2. The highest BCUT2D eigenvalue weighted by atomic mass is 28.3. The Morgan fingerprint density at radius 3 is 2.05 bits per heavy atom. The summed E-state index contributed by atoms with van der Waals surface area (Å²) in [6, 6.07) is 0. The van der Waals surface area contributed by atoms with Gasteiger partial charge in [-0.2, -0.15) is 0 Å². The van der Waals surface area contributed by atoms with Gasteiger partial charge in [-0.3, -0.25) is 0 Å². The average Bonchev–Trinajstić information content (AvgIpc) is 2.75. The molecule has 2 aliphatic heterocycles. The summed E-state index contributed by atoms with van der Waals surface area (Å²) in [4.78, 5) is 12.6. The third kappa shape index (κ3) is 3.31. The van der Waals surface area contributed by atoms with E-state index < -0.39 is 31.9 Å². The summed E-state index contributed by atoms with van der Waals surface area (Å²) in [7, 11) is -1.96. The van der Waals surface area contributed by atoms with Crippen LogP contribution in [-0.4, -0.2) is 50.0 Å². The highest BCUT2D eigenvalue weighted by Crippen LogP contribution is 2.36. The lowest BCUT2D eigenvalue weighted by atomic mass is 10.1. The zero-order valence-corrected chi connectivity index (χ0v) is 14.5. The van der Waals surface area contributed by atoms with E-state index >= 15 is 0 Å². The van der Waals surface area contributed by atoms with Crippen LogP contribution in [0.1, 0.15) is 27.7 Å². The summed E-state index contributed by atoms with van der Waals surface area (Å²) in [5.74, 6) is -1.39. The summed E-state index contributed by atoms with van der Waals surface area (Å²) in [5.41, 5.74) is 0. The molecule has 2 aliphatic rings. The zero-order chi connectivity index (χ0) is 15.3. The Morgan fingerprint density at radius 1 is 1.00 bits per heavy atom. The van der Waals surface area contributed by atoms with Crippen molar-refractivity contribution in [3.8, 4) is 0 Å². The second-order valence-corrected chi connectivity index (χ2v) is 12.5. The molecular formula is C14H26O5Si. The molecule has 0 amide bonds. The maximum atomic E-state index is 12.6. The van der Waals surface area contributed by atoms with E-state index in [0.29, 0.717) is 6.61 Å². The molecule has 0 unspecified atom stereocenters. The van der Waals surface area contributed by atoms with Crippen molar-refractivity contribution in [3.63, 3.8) is 0 Å². The smallest absolute Gasteiger partial charge is 0.164 e. The van der Waals surface area contributed by atoms with Gasteiger partial charge in [0.1, 0.15) is 31.8 Å². The number of rotatable bonds is 3. The molecule has 5 nitrogen and oxygen atoms in total. The van der Waals surface area contributed by atoms with Gasteiger partial charge in [-0.05, 0) is 27.7 Å². The first-order valence-corrected chi connectivity index (χ1v) is 10.6. The minimum Gasteiger partial charge on any atom is -0.348 e. The molecule has 20 heavy (non-hydrogen) atoms. The topological polar surface area (TPSA) is 54.0 Å². The van der Waals surface area contributed by atoms with Crippen molar-refractivity contribution in [1.82, 2.24) is 0 Å². The second-order valence-electron chi connectivity index (χ2n) is 7.50. The first-order valence-electron chi connectivity index (χ1n) is 7.13. The molecule has 0 aromatic carbocycles. The van der Waals surface area contributed by atoms with Crippen molar-refractivity contribution in [2.45, 2.75) is 77.2 Å². The van der Waals surface area contributed by atoms with Gasteiger partial charge in [0.25, 0.3) is 0 Å². The molecule has 2 rings (SSSR count). The van der Waals surface area contributed by atoms with E-state index in [1.807, 2.05) is 47.3 Å². The first-order chi connectivity index (χ1) is 8.91. The fourth-order valence-corrected chi connectivity index (χ4v) is 3.64. The van der Waals surface area contributed by atoms with Crippen molar-refractivity contribution >= 4 is 13.5 Å². The van der Waals surface area contributed by atoms with Gasteiger partial charge in [-0.15, -0.1) is 0 Å². The van der Waals surface area contributed by atoms with Gasteiger partial charge >= 0.3 is 0 Å². The lowest BCUT2D eigenvalue weighted by Crippen LogP contribution is -2.50. The van der Waals surface area contributed by atoms with Crippen molar-refractivity contribution in [2.75, 3.05) is 6.61 Å². The minimum absolute atomic E-state index is 0.168. The van der Waals surface area contributed by atoms with Crippen LogP contribution in [0, 0.1) is 0 Å². The van der Waals surface area contributed by atoms with Gasteiger partial charge in [0.2, 0.25) is 0 Å². The molecule has 2 saturated heterocycles. The molecule has 0 bridgehead atoms. The van der Waals surface area contributed by atoms with Crippen LogP contribution in [-0.2, 0) is 23.7 Å². The highest BCUT2D eigenvalue weighted by molar-refractivity contribution is 7.04. The summed E-state index contributed by atoms with van der Waals surface area (Å²) in [6.45, 7) is 13.9. The molecule has 0 N–H and O–H groups in total. The molecule has 0 saturated carbocycles. The molecule has 2 fully saturated rings. The third-order valence-electron chi connectivity index (χ3n) is 3.52. The maximum Gasteiger partial charge on any atom is 0.164 e. The van der Waals surface area contributed by atoms with E-state index in [1.165, 1.54) is 0 Å². The standard InChI is InChI=1S/C14H26O5Si/c1-13(2)16-8-9(17-13)10-11(12(15)20(5,6)7)19-14(3,4)18-10/h9-11H,8H2,1-7H3/t9-,10+,11-/m1/s1. The van der Waals surface area contributed by atoms with E-state index in [4.69, 9.17) is 18.9 Å². The maximum absolute atomic E-state index is 12.6. The van der Waals surface area contributed by atoms with Crippen LogP contribution < -0.4 is 0 Å². The average molecular weight is 302 g/mol. The molecule has 0 spiro atoms. The van der Waals surface area contributed by atoms with Crippen molar-refractivity contribution in [3.05, 3.63) is 0 Å². The monoisotopic (exact) mass is 302 g/mol. The van der Waals surface area contributed by atoms with Crippen molar-refractivity contribution < 1.29 is 23.7 Å². The number of hydrogen-bond acceptors (Lipinski definition) is 5. The van der Waals surface area contributed by atoms with Crippen LogP contribution >= 0.6 is 0 Å². The lowest BCUT2D eigenvalue weighted by Gasteiger charge is -2.26. The SMILES string of the molecule is CC1(C)OC[C@H]([C@@H]2OC(C)(C)O[C@H]2C(=O)[Si](C)(C)C)O1. The van der Waals surface area contributed by atoms with Crippen LogP contribution in [0.5, 0.6) is 0 Å². The van der Waals surface area contributed by atoms with E-state index in [1.54, 1.807) is 0 Å². The number of carbonyl (C=O) groups is 1. The van der Waals surface area contributed by atoms with E-state index in [-0.39, 0.29) is 11.5 Å². The predicted molar refractivity (Wildman–Crippen MR) is 77.1 cm³/mol. The molecule has 0 radical (unpaired) electrons. The van der Waals surface area contributed by atoms with Gasteiger partial charge in [0.15, 0.2) is 11.6 Å². The third-order valence-corrected chi connectivity index (χ3v) is 5.29. The fourth-order valence-electron chi connectivity index (χ4n) is 2.57. The van der Waals surface area contributed by atoms with Crippen molar-refractivity contribution in [2.24, 2.45) is 0 Å². The molecule has 3 atom stereocenters. The second kappa shape index (κ2) is 4.88. The number of ether oxygens (including phenoxy) is 4. The van der Waals surface area contributed by atoms with Gasteiger partial charge in [0.05, 0.1) is 6.61 Å². The molecule has 0 aliphatic carbocycles. The highest BCUT2D eigenvalue weighted by Gasteiger charge is 2.53. The number of carbonyl (C=O) groups excluding carboxylic acids is 1. The lowest BCUT2D eigenvalue weighted by molar-refractivity contribution is -0.174. The quantitative estimate of drug-likeness (QED) is 0.747. The summed E-state index contributed by atoms with van der Waals surface area (Å²) in [5, 5.41) is 0.168. The van der Waals surface area contributed by atoms with Crippen LogP contribution in [0.3, 0.4) is 0 Å². The van der Waals surface area contributed by atoms with Gasteiger partial charge in [0, 0.05) is 0 Å². The summed E-state index contributed by atoms with van der Waals surface area (Å²) >= 11 is 0. The molecule has 0 aromatic rings. The Balaban J connectivity index is 2.19. The van der Waals surface area contributed by atoms with Crippen LogP contribution in [0.4, 0.5) is 0 Å². The van der Waals surface area contributed by atoms with Crippen molar-refractivity contribution in [1.29, 1.82) is 0 Å². The van der Waals surface area contributed by atoms with Gasteiger partial charge in [-0.25, -0.2) is 0 Å².